The number of para-hydroxylation sites is 1. The van der Waals surface area contributed by atoms with E-state index in [4.69, 9.17) is 4.74 Å². The van der Waals surface area contributed by atoms with Crippen molar-refractivity contribution < 1.29 is 9.53 Å². The third-order valence-electron chi connectivity index (χ3n) is 2.68. The van der Waals surface area contributed by atoms with Gasteiger partial charge < -0.3 is 9.64 Å². The molecule has 0 unspecified atom stereocenters. The van der Waals surface area contributed by atoms with Gasteiger partial charge in [0.2, 0.25) is 0 Å². The van der Waals surface area contributed by atoms with Gasteiger partial charge in [-0.1, -0.05) is 18.2 Å². The highest BCUT2D eigenvalue weighted by atomic mass is 16.5. The third-order valence-corrected chi connectivity index (χ3v) is 2.68. The Morgan fingerprint density at radius 2 is 2.20 bits per heavy atom. The molecule has 1 heterocycles. The molecule has 0 saturated heterocycles. The Kier molecular flexibility index (Phi) is 2.62. The maximum atomic E-state index is 11.8. The van der Waals surface area contributed by atoms with Gasteiger partial charge in [0.15, 0.2) is 6.10 Å². The topological polar surface area (TPSA) is 29.5 Å². The lowest BCUT2D eigenvalue weighted by Gasteiger charge is -2.19. The summed E-state index contributed by atoms with van der Waals surface area (Å²) >= 11 is 0. The van der Waals surface area contributed by atoms with E-state index < -0.39 is 0 Å². The van der Waals surface area contributed by atoms with E-state index in [2.05, 4.69) is 0 Å². The quantitative estimate of drug-likeness (QED) is 0.700. The summed E-state index contributed by atoms with van der Waals surface area (Å²) in [5.74, 6) is 0.892. The standard InChI is InChI=1S/C12H15NO2/c1-3-13-8-10-6-4-5-7-11(10)15-9(2)12(13)14/h4-7,9H,3,8H2,1-2H3/t9-/m1/s1. The van der Waals surface area contributed by atoms with Crippen molar-refractivity contribution in [3.63, 3.8) is 0 Å². The number of carbonyl (C=O) groups excluding carboxylic acids is 1. The van der Waals surface area contributed by atoms with Crippen LogP contribution >= 0.6 is 0 Å². The largest absolute Gasteiger partial charge is 0.481 e. The molecule has 1 aliphatic heterocycles. The van der Waals surface area contributed by atoms with Gasteiger partial charge in [-0.2, -0.15) is 0 Å². The highest BCUT2D eigenvalue weighted by molar-refractivity contribution is 5.81. The van der Waals surface area contributed by atoms with Crippen LogP contribution in [0, 0.1) is 0 Å². The van der Waals surface area contributed by atoms with Gasteiger partial charge in [0.25, 0.3) is 5.91 Å². The molecular weight excluding hydrogens is 190 g/mol. The summed E-state index contributed by atoms with van der Waals surface area (Å²) in [7, 11) is 0. The second-order valence-electron chi connectivity index (χ2n) is 3.72. The summed E-state index contributed by atoms with van der Waals surface area (Å²) in [6, 6.07) is 7.82. The molecule has 1 aromatic rings. The molecule has 1 atom stereocenters. The molecule has 15 heavy (non-hydrogen) atoms. The van der Waals surface area contributed by atoms with Crippen LogP contribution in [0.1, 0.15) is 19.4 Å². The van der Waals surface area contributed by atoms with Crippen molar-refractivity contribution >= 4 is 5.91 Å². The molecule has 0 N–H and O–H groups in total. The molecule has 0 radical (unpaired) electrons. The van der Waals surface area contributed by atoms with E-state index in [1.165, 1.54) is 0 Å². The van der Waals surface area contributed by atoms with E-state index in [9.17, 15) is 4.79 Å². The Morgan fingerprint density at radius 1 is 1.47 bits per heavy atom. The Balaban J connectivity index is 2.37. The van der Waals surface area contributed by atoms with Gasteiger partial charge in [0, 0.05) is 18.7 Å². The number of amides is 1. The van der Waals surface area contributed by atoms with Gasteiger partial charge in [0.1, 0.15) is 5.75 Å². The first-order valence-electron chi connectivity index (χ1n) is 5.25. The first-order chi connectivity index (χ1) is 7.22. The number of rotatable bonds is 1. The zero-order valence-electron chi connectivity index (χ0n) is 9.06. The summed E-state index contributed by atoms with van der Waals surface area (Å²) in [4.78, 5) is 13.7. The van der Waals surface area contributed by atoms with Gasteiger partial charge in [-0.3, -0.25) is 4.79 Å². The zero-order chi connectivity index (χ0) is 10.8. The molecule has 0 aromatic heterocycles. The highest BCUT2D eigenvalue weighted by Crippen LogP contribution is 2.24. The first kappa shape index (κ1) is 10.0. The van der Waals surface area contributed by atoms with Gasteiger partial charge in [-0.15, -0.1) is 0 Å². The van der Waals surface area contributed by atoms with E-state index in [0.717, 1.165) is 17.9 Å². The molecule has 1 amide bonds. The molecule has 0 saturated carbocycles. The van der Waals surface area contributed by atoms with Crippen LogP contribution in [0.4, 0.5) is 0 Å². The number of fused-ring (bicyclic) bond motifs is 1. The average Bonchev–Trinajstić information content (AvgIpc) is 2.37. The molecule has 1 aliphatic rings. The molecule has 3 heteroatoms. The minimum atomic E-state index is -0.381. The van der Waals surface area contributed by atoms with Crippen LogP contribution in [-0.4, -0.2) is 23.5 Å². The lowest BCUT2D eigenvalue weighted by atomic mass is 10.2. The van der Waals surface area contributed by atoms with Crippen molar-refractivity contribution in [1.29, 1.82) is 0 Å². The van der Waals surface area contributed by atoms with Crippen molar-refractivity contribution in [2.24, 2.45) is 0 Å². The molecule has 0 bridgehead atoms. The zero-order valence-corrected chi connectivity index (χ0v) is 9.06. The van der Waals surface area contributed by atoms with Crippen molar-refractivity contribution in [3.8, 4) is 5.75 Å². The third kappa shape index (κ3) is 1.82. The lowest BCUT2D eigenvalue weighted by molar-refractivity contribution is -0.137. The van der Waals surface area contributed by atoms with Crippen LogP contribution in [0.25, 0.3) is 0 Å². The van der Waals surface area contributed by atoms with Crippen molar-refractivity contribution in [2.45, 2.75) is 26.5 Å². The Hall–Kier alpha value is -1.51. The predicted octanol–water partition coefficient (Wildman–Crippen LogP) is 1.82. The molecule has 0 spiro atoms. The number of likely N-dealkylation sites (N-methyl/N-ethyl adjacent to an activating group) is 1. The summed E-state index contributed by atoms with van der Waals surface area (Å²) < 4.78 is 5.61. The minimum absolute atomic E-state index is 0.0636. The second-order valence-corrected chi connectivity index (χ2v) is 3.72. The van der Waals surface area contributed by atoms with E-state index in [-0.39, 0.29) is 12.0 Å². The predicted molar refractivity (Wildman–Crippen MR) is 57.6 cm³/mol. The molecule has 80 valence electrons. The Bertz CT molecular complexity index is 376. The maximum Gasteiger partial charge on any atom is 0.263 e. The maximum absolute atomic E-state index is 11.8. The first-order valence-corrected chi connectivity index (χ1v) is 5.25. The van der Waals surface area contributed by atoms with E-state index in [0.29, 0.717) is 6.54 Å². The van der Waals surface area contributed by atoms with E-state index in [1.807, 2.05) is 36.1 Å². The van der Waals surface area contributed by atoms with Crippen molar-refractivity contribution in [2.75, 3.05) is 6.54 Å². The van der Waals surface area contributed by atoms with Gasteiger partial charge in [-0.05, 0) is 19.9 Å². The second kappa shape index (κ2) is 3.93. The number of hydrogen-bond acceptors (Lipinski definition) is 2. The number of carbonyl (C=O) groups is 1. The minimum Gasteiger partial charge on any atom is -0.481 e. The van der Waals surface area contributed by atoms with Gasteiger partial charge >= 0.3 is 0 Å². The number of nitrogens with zero attached hydrogens (tertiary/aromatic N) is 1. The molecule has 3 nitrogen and oxygen atoms in total. The summed E-state index contributed by atoms with van der Waals surface area (Å²) in [6.45, 7) is 5.16. The molecular formula is C12H15NO2. The number of ether oxygens (including phenoxy) is 1. The molecule has 1 aromatic carbocycles. The Morgan fingerprint density at radius 3 is 2.93 bits per heavy atom. The van der Waals surface area contributed by atoms with Crippen molar-refractivity contribution in [3.05, 3.63) is 29.8 Å². The van der Waals surface area contributed by atoms with Gasteiger partial charge in [-0.25, -0.2) is 0 Å². The number of hydrogen-bond donors (Lipinski definition) is 0. The van der Waals surface area contributed by atoms with Gasteiger partial charge in [0.05, 0.1) is 0 Å². The van der Waals surface area contributed by atoms with Crippen LogP contribution < -0.4 is 4.74 Å². The van der Waals surface area contributed by atoms with Crippen LogP contribution in [0.5, 0.6) is 5.75 Å². The summed E-state index contributed by atoms with van der Waals surface area (Å²) in [6.07, 6.45) is -0.381. The monoisotopic (exact) mass is 205 g/mol. The fourth-order valence-corrected chi connectivity index (χ4v) is 1.80. The fourth-order valence-electron chi connectivity index (χ4n) is 1.80. The van der Waals surface area contributed by atoms with Crippen LogP contribution in [0.3, 0.4) is 0 Å². The summed E-state index contributed by atoms with van der Waals surface area (Å²) in [5.41, 5.74) is 1.08. The van der Waals surface area contributed by atoms with E-state index in [1.54, 1.807) is 6.92 Å². The van der Waals surface area contributed by atoms with E-state index >= 15 is 0 Å². The van der Waals surface area contributed by atoms with Crippen LogP contribution in [-0.2, 0) is 11.3 Å². The fraction of sp³-hybridized carbons (Fsp3) is 0.417. The Labute approximate surface area is 89.7 Å². The SMILES string of the molecule is CCN1Cc2ccccc2O[C@H](C)C1=O. The lowest BCUT2D eigenvalue weighted by Crippen LogP contribution is -2.37. The number of benzene rings is 1. The summed E-state index contributed by atoms with van der Waals surface area (Å²) in [5, 5.41) is 0. The van der Waals surface area contributed by atoms with Crippen LogP contribution in [0.2, 0.25) is 0 Å². The van der Waals surface area contributed by atoms with Crippen molar-refractivity contribution in [1.82, 2.24) is 4.90 Å². The smallest absolute Gasteiger partial charge is 0.263 e. The molecule has 0 aliphatic carbocycles. The normalized spacial score (nSPS) is 20.5. The highest BCUT2D eigenvalue weighted by Gasteiger charge is 2.26. The average molecular weight is 205 g/mol. The molecule has 2 rings (SSSR count). The van der Waals surface area contributed by atoms with Crippen LogP contribution in [0.15, 0.2) is 24.3 Å². The molecule has 0 fully saturated rings.